The molecular weight excluding hydrogens is 132 g/mol. The molecule has 0 nitrogen and oxygen atoms in total. The van der Waals surface area contributed by atoms with E-state index >= 15 is 0 Å². The van der Waals surface area contributed by atoms with E-state index in [-0.39, 0.29) is 0 Å². The third-order valence-electron chi connectivity index (χ3n) is 3.70. The van der Waals surface area contributed by atoms with Crippen LogP contribution in [-0.2, 0) is 0 Å². The maximum Gasteiger partial charge on any atom is -0.0294 e. The Labute approximate surface area is 70.4 Å². The van der Waals surface area contributed by atoms with Gasteiger partial charge in [-0.2, -0.15) is 0 Å². The molecular formula is C11H20. The molecule has 0 amide bonds. The van der Waals surface area contributed by atoms with Crippen LogP contribution < -0.4 is 0 Å². The third kappa shape index (κ3) is 1.60. The molecule has 2 saturated carbocycles. The Morgan fingerprint density at radius 2 is 2.09 bits per heavy atom. The molecule has 2 aliphatic carbocycles. The Balaban J connectivity index is 1.83. The van der Waals surface area contributed by atoms with E-state index in [1.807, 2.05) is 0 Å². The maximum atomic E-state index is 2.33. The predicted molar refractivity (Wildman–Crippen MR) is 48.5 cm³/mol. The minimum absolute atomic E-state index is 0.901. The number of hydrogen-bond acceptors (Lipinski definition) is 0. The molecule has 2 rings (SSSR count). The van der Waals surface area contributed by atoms with E-state index in [4.69, 9.17) is 0 Å². The second kappa shape index (κ2) is 2.80. The van der Waals surface area contributed by atoms with Gasteiger partial charge in [-0.15, -0.1) is 0 Å². The van der Waals surface area contributed by atoms with Crippen LogP contribution in [0.3, 0.4) is 0 Å². The van der Waals surface area contributed by atoms with Gasteiger partial charge in [-0.3, -0.25) is 0 Å². The number of rotatable bonds is 2. The molecule has 0 N–H and O–H groups in total. The highest BCUT2D eigenvalue weighted by Crippen LogP contribution is 2.58. The normalized spacial score (nSPS) is 34.1. The summed E-state index contributed by atoms with van der Waals surface area (Å²) < 4.78 is 0. The summed E-state index contributed by atoms with van der Waals surface area (Å²) in [6.07, 6.45) is 12.2. The molecule has 11 heavy (non-hydrogen) atoms. The summed E-state index contributed by atoms with van der Waals surface area (Å²) in [4.78, 5) is 0. The molecule has 2 aliphatic rings. The lowest BCUT2D eigenvalue weighted by Crippen LogP contribution is -2.15. The lowest BCUT2D eigenvalue weighted by Gasteiger charge is -2.28. The van der Waals surface area contributed by atoms with Crippen LogP contribution in [0.2, 0.25) is 0 Å². The summed E-state index contributed by atoms with van der Waals surface area (Å²) >= 11 is 0. The molecule has 0 heteroatoms. The van der Waals surface area contributed by atoms with Crippen LogP contribution >= 0.6 is 0 Å². The lowest BCUT2D eigenvalue weighted by atomic mass is 9.77. The predicted octanol–water partition coefficient (Wildman–Crippen LogP) is 3.76. The van der Waals surface area contributed by atoms with E-state index in [1.54, 1.807) is 25.7 Å². The van der Waals surface area contributed by atoms with Crippen LogP contribution in [0.25, 0.3) is 0 Å². The third-order valence-corrected chi connectivity index (χ3v) is 3.70. The molecule has 64 valence electrons. The fraction of sp³-hybridized carbons (Fsp3) is 1.00. The molecule has 1 atom stereocenters. The topological polar surface area (TPSA) is 0 Å². The fourth-order valence-corrected chi connectivity index (χ4v) is 2.87. The van der Waals surface area contributed by atoms with Crippen molar-refractivity contribution in [3.8, 4) is 0 Å². The van der Waals surface area contributed by atoms with Crippen molar-refractivity contribution in [3.63, 3.8) is 0 Å². The molecule has 1 spiro atoms. The van der Waals surface area contributed by atoms with Crippen molar-refractivity contribution >= 4 is 0 Å². The molecule has 0 radical (unpaired) electrons. The highest BCUT2D eigenvalue weighted by Gasteiger charge is 2.45. The zero-order valence-electron chi connectivity index (χ0n) is 7.73. The molecule has 0 heterocycles. The second-order valence-electron chi connectivity index (χ2n) is 4.75. The van der Waals surface area contributed by atoms with Crippen LogP contribution in [0, 0.1) is 11.3 Å². The van der Waals surface area contributed by atoms with Crippen LogP contribution in [0.15, 0.2) is 0 Å². The first kappa shape index (κ1) is 7.64. The first-order valence-corrected chi connectivity index (χ1v) is 5.35. The highest BCUT2D eigenvalue weighted by atomic mass is 14.5. The second-order valence-corrected chi connectivity index (χ2v) is 4.75. The summed E-state index contributed by atoms with van der Waals surface area (Å²) in [7, 11) is 0. The van der Waals surface area contributed by atoms with Crippen molar-refractivity contribution in [1.29, 1.82) is 0 Å². The summed E-state index contributed by atoms with van der Waals surface area (Å²) in [6, 6.07) is 0. The van der Waals surface area contributed by atoms with Gasteiger partial charge in [-0.25, -0.2) is 0 Å². The molecule has 0 aliphatic heterocycles. The smallest absolute Gasteiger partial charge is 0.0294 e. The summed E-state index contributed by atoms with van der Waals surface area (Å²) in [6.45, 7) is 2.33. The SMILES string of the molecule is CCCC1CCCC2(CC2)C1. The minimum atomic E-state index is 0.901. The van der Waals surface area contributed by atoms with Crippen molar-refractivity contribution in [1.82, 2.24) is 0 Å². The van der Waals surface area contributed by atoms with E-state index in [0.717, 1.165) is 11.3 Å². The Bertz CT molecular complexity index is 131. The van der Waals surface area contributed by atoms with Crippen LogP contribution in [-0.4, -0.2) is 0 Å². The van der Waals surface area contributed by atoms with E-state index in [1.165, 1.54) is 25.7 Å². The van der Waals surface area contributed by atoms with Crippen molar-refractivity contribution in [2.45, 2.75) is 58.3 Å². The molecule has 0 saturated heterocycles. The van der Waals surface area contributed by atoms with Crippen LogP contribution in [0.4, 0.5) is 0 Å². The van der Waals surface area contributed by atoms with E-state index in [2.05, 4.69) is 6.92 Å². The Kier molecular flexibility index (Phi) is 1.95. The van der Waals surface area contributed by atoms with E-state index in [9.17, 15) is 0 Å². The molecule has 0 aromatic heterocycles. The standard InChI is InChI=1S/C11H20/c1-2-4-10-5-3-6-11(9-10)7-8-11/h10H,2-9H2,1H3. The first-order chi connectivity index (χ1) is 5.35. The number of hydrogen-bond donors (Lipinski definition) is 0. The van der Waals surface area contributed by atoms with Gasteiger partial charge in [-0.05, 0) is 37.0 Å². The zero-order valence-corrected chi connectivity index (χ0v) is 7.73. The Morgan fingerprint density at radius 1 is 1.27 bits per heavy atom. The molecule has 0 bridgehead atoms. The van der Waals surface area contributed by atoms with Crippen LogP contribution in [0.1, 0.15) is 58.3 Å². The van der Waals surface area contributed by atoms with Gasteiger partial charge < -0.3 is 0 Å². The van der Waals surface area contributed by atoms with Gasteiger partial charge in [0.05, 0.1) is 0 Å². The van der Waals surface area contributed by atoms with Gasteiger partial charge in [0.2, 0.25) is 0 Å². The van der Waals surface area contributed by atoms with Crippen molar-refractivity contribution < 1.29 is 0 Å². The maximum absolute atomic E-state index is 2.33. The molecule has 2 fully saturated rings. The van der Waals surface area contributed by atoms with E-state index in [0.29, 0.717) is 0 Å². The van der Waals surface area contributed by atoms with Gasteiger partial charge in [0.1, 0.15) is 0 Å². The summed E-state index contributed by atoms with van der Waals surface area (Å²) in [5.74, 6) is 1.11. The highest BCUT2D eigenvalue weighted by molar-refractivity contribution is 4.96. The average Bonchev–Trinajstić information content (AvgIpc) is 2.70. The van der Waals surface area contributed by atoms with Gasteiger partial charge >= 0.3 is 0 Å². The monoisotopic (exact) mass is 152 g/mol. The molecule has 0 aromatic carbocycles. The largest absolute Gasteiger partial charge is 0.0654 e. The van der Waals surface area contributed by atoms with Crippen molar-refractivity contribution in [2.24, 2.45) is 11.3 Å². The van der Waals surface area contributed by atoms with Crippen LogP contribution in [0.5, 0.6) is 0 Å². The zero-order chi connectivity index (χ0) is 7.73. The van der Waals surface area contributed by atoms with Gasteiger partial charge in [0, 0.05) is 0 Å². The molecule has 0 aromatic rings. The molecule has 1 unspecified atom stereocenters. The minimum Gasteiger partial charge on any atom is -0.0654 e. The van der Waals surface area contributed by atoms with E-state index < -0.39 is 0 Å². The van der Waals surface area contributed by atoms with Gasteiger partial charge in [0.25, 0.3) is 0 Å². The Hall–Kier alpha value is 0. The Morgan fingerprint density at radius 3 is 2.73 bits per heavy atom. The van der Waals surface area contributed by atoms with Crippen molar-refractivity contribution in [3.05, 3.63) is 0 Å². The average molecular weight is 152 g/mol. The van der Waals surface area contributed by atoms with Gasteiger partial charge in [0.15, 0.2) is 0 Å². The summed E-state index contributed by atoms with van der Waals surface area (Å²) in [5.41, 5.74) is 0.901. The lowest BCUT2D eigenvalue weighted by molar-refractivity contribution is 0.236. The summed E-state index contributed by atoms with van der Waals surface area (Å²) in [5, 5.41) is 0. The first-order valence-electron chi connectivity index (χ1n) is 5.35. The quantitative estimate of drug-likeness (QED) is 0.565. The van der Waals surface area contributed by atoms with Gasteiger partial charge in [-0.1, -0.05) is 32.6 Å². The van der Waals surface area contributed by atoms with Crippen molar-refractivity contribution in [2.75, 3.05) is 0 Å². The fourth-order valence-electron chi connectivity index (χ4n) is 2.87.